The molecule has 4 N–H and O–H groups in total. The molecule has 0 unspecified atom stereocenters. The number of benzene rings is 2. The number of hydrogen-bond donors (Lipinski definition) is 4. The maximum atomic E-state index is 13.0. The minimum Gasteiger partial charge on any atom is -0.444 e. The Kier molecular flexibility index (Phi) is 7.19. The molecular formula is C23H26Cl2N4O6S2. The van der Waals surface area contributed by atoms with E-state index in [0.717, 1.165) is 0 Å². The van der Waals surface area contributed by atoms with Crippen LogP contribution in [0.3, 0.4) is 0 Å². The fourth-order valence-corrected chi connectivity index (χ4v) is 6.35. The van der Waals surface area contributed by atoms with Crippen molar-refractivity contribution in [2.75, 3.05) is 11.3 Å². The van der Waals surface area contributed by atoms with Gasteiger partial charge in [0.15, 0.2) is 0 Å². The predicted octanol–water partition coefficient (Wildman–Crippen LogP) is 4.61. The third kappa shape index (κ3) is 6.32. The first-order valence-electron chi connectivity index (χ1n) is 11.2. The van der Waals surface area contributed by atoms with Gasteiger partial charge in [0.25, 0.3) is 10.0 Å². The first kappa shape index (κ1) is 27.5. The SMILES string of the molecule is CC(C)(C)OC(=O)NC1(CNS(=O)(=O)c2ccc(S(=O)(=O)Nc3ccc(Cl)c4c(Cl)c[nH]c34)cc2)CC1. The molecule has 0 atom stereocenters. The van der Waals surface area contributed by atoms with Crippen molar-refractivity contribution < 1.29 is 26.4 Å². The van der Waals surface area contributed by atoms with Gasteiger partial charge in [0.2, 0.25) is 10.0 Å². The number of amides is 1. The molecule has 1 aromatic heterocycles. The number of fused-ring (bicyclic) bond motifs is 1. The minimum absolute atomic E-state index is 0.0263. The van der Waals surface area contributed by atoms with Crippen LogP contribution in [0.4, 0.5) is 10.5 Å². The summed E-state index contributed by atoms with van der Waals surface area (Å²) in [4.78, 5) is 14.7. The highest BCUT2D eigenvalue weighted by molar-refractivity contribution is 7.92. The van der Waals surface area contributed by atoms with Gasteiger partial charge in [-0.15, -0.1) is 0 Å². The van der Waals surface area contributed by atoms with Crippen LogP contribution >= 0.6 is 23.2 Å². The second-order valence-corrected chi connectivity index (χ2v) is 14.1. The van der Waals surface area contributed by atoms with Crippen LogP contribution in [0.15, 0.2) is 52.4 Å². The molecule has 0 bridgehead atoms. The summed E-state index contributed by atoms with van der Waals surface area (Å²) < 4.78 is 61.7. The van der Waals surface area contributed by atoms with E-state index in [1.807, 2.05) is 0 Å². The summed E-state index contributed by atoms with van der Waals surface area (Å²) in [7, 11) is -8.03. The molecule has 1 heterocycles. The van der Waals surface area contributed by atoms with E-state index in [4.69, 9.17) is 27.9 Å². The van der Waals surface area contributed by atoms with Crippen LogP contribution in [-0.4, -0.2) is 45.6 Å². The van der Waals surface area contributed by atoms with Crippen molar-refractivity contribution in [2.24, 2.45) is 0 Å². The number of anilines is 1. The molecule has 4 rings (SSSR count). The molecule has 0 radical (unpaired) electrons. The topological polar surface area (TPSA) is 146 Å². The molecule has 1 amide bonds. The van der Waals surface area contributed by atoms with E-state index < -0.39 is 37.3 Å². The van der Waals surface area contributed by atoms with Crippen molar-refractivity contribution in [1.82, 2.24) is 15.0 Å². The molecule has 0 spiro atoms. The first-order chi connectivity index (χ1) is 17.1. The zero-order chi connectivity index (χ0) is 27.2. The van der Waals surface area contributed by atoms with Crippen LogP contribution in [0.5, 0.6) is 0 Å². The van der Waals surface area contributed by atoms with Crippen LogP contribution in [0, 0.1) is 0 Å². The summed E-state index contributed by atoms with van der Waals surface area (Å²) in [6.45, 7) is 5.18. The Morgan fingerprint density at radius 3 is 2.14 bits per heavy atom. The number of halogens is 2. The molecular weight excluding hydrogens is 563 g/mol. The number of aromatic nitrogens is 1. The first-order valence-corrected chi connectivity index (χ1v) is 14.9. The van der Waals surface area contributed by atoms with E-state index in [1.165, 1.54) is 42.6 Å². The van der Waals surface area contributed by atoms with Gasteiger partial charge in [-0.25, -0.2) is 26.4 Å². The molecule has 37 heavy (non-hydrogen) atoms. The number of hydrogen-bond acceptors (Lipinski definition) is 6. The Morgan fingerprint density at radius 2 is 1.57 bits per heavy atom. The van der Waals surface area contributed by atoms with Crippen LogP contribution < -0.4 is 14.8 Å². The molecule has 0 aliphatic heterocycles. The van der Waals surface area contributed by atoms with Crippen LogP contribution in [0.25, 0.3) is 10.9 Å². The summed E-state index contributed by atoms with van der Waals surface area (Å²) in [5.41, 5.74) is -0.743. The van der Waals surface area contributed by atoms with E-state index in [1.54, 1.807) is 20.8 Å². The number of carbonyl (C=O) groups is 1. The fourth-order valence-electron chi connectivity index (χ4n) is 3.59. The molecule has 10 nitrogen and oxygen atoms in total. The number of aromatic amines is 1. The third-order valence-electron chi connectivity index (χ3n) is 5.65. The summed E-state index contributed by atoms with van der Waals surface area (Å²) in [5, 5.41) is 3.91. The molecule has 1 fully saturated rings. The lowest BCUT2D eigenvalue weighted by atomic mass is 10.2. The van der Waals surface area contributed by atoms with Crippen molar-refractivity contribution in [3.05, 3.63) is 52.6 Å². The van der Waals surface area contributed by atoms with Crippen molar-refractivity contribution in [2.45, 2.75) is 54.5 Å². The second-order valence-electron chi connectivity index (χ2n) is 9.79. The van der Waals surface area contributed by atoms with Gasteiger partial charge in [0.1, 0.15) is 5.60 Å². The van der Waals surface area contributed by atoms with E-state index in [-0.39, 0.29) is 22.0 Å². The number of rotatable bonds is 8. The van der Waals surface area contributed by atoms with Crippen molar-refractivity contribution >= 4 is 65.9 Å². The number of ether oxygens (including phenoxy) is 1. The van der Waals surface area contributed by atoms with E-state index in [2.05, 4.69) is 19.7 Å². The van der Waals surface area contributed by atoms with Gasteiger partial charge in [-0.1, -0.05) is 23.2 Å². The number of sulfonamides is 2. The maximum Gasteiger partial charge on any atom is 0.408 e. The molecule has 200 valence electrons. The van der Waals surface area contributed by atoms with Crippen molar-refractivity contribution in [3.63, 3.8) is 0 Å². The molecule has 0 saturated heterocycles. The number of carbonyl (C=O) groups excluding carboxylic acids is 1. The van der Waals surface area contributed by atoms with E-state index in [9.17, 15) is 21.6 Å². The average molecular weight is 590 g/mol. The molecule has 1 saturated carbocycles. The highest BCUT2D eigenvalue weighted by Crippen LogP contribution is 2.36. The van der Waals surface area contributed by atoms with Crippen LogP contribution in [-0.2, 0) is 24.8 Å². The van der Waals surface area contributed by atoms with Gasteiger partial charge in [-0.05, 0) is 70.0 Å². The molecule has 2 aromatic carbocycles. The van der Waals surface area contributed by atoms with Crippen LogP contribution in [0.1, 0.15) is 33.6 Å². The largest absolute Gasteiger partial charge is 0.444 e. The summed E-state index contributed by atoms with van der Waals surface area (Å²) >= 11 is 12.3. The Bertz CT molecular complexity index is 1560. The molecule has 14 heteroatoms. The van der Waals surface area contributed by atoms with Crippen LogP contribution in [0.2, 0.25) is 10.0 Å². The van der Waals surface area contributed by atoms with Gasteiger partial charge in [0, 0.05) is 18.1 Å². The zero-order valence-electron chi connectivity index (χ0n) is 20.2. The molecule has 3 aromatic rings. The molecule has 1 aliphatic rings. The van der Waals surface area contributed by atoms with Gasteiger partial charge in [-0.2, -0.15) is 0 Å². The zero-order valence-corrected chi connectivity index (χ0v) is 23.3. The highest BCUT2D eigenvalue weighted by atomic mass is 35.5. The monoisotopic (exact) mass is 588 g/mol. The van der Waals surface area contributed by atoms with Gasteiger partial charge < -0.3 is 15.0 Å². The number of H-pyrrole nitrogens is 1. The average Bonchev–Trinajstić information content (AvgIpc) is 3.44. The lowest BCUT2D eigenvalue weighted by molar-refractivity contribution is 0.0497. The molecule has 1 aliphatic carbocycles. The third-order valence-corrected chi connectivity index (χ3v) is 9.06. The highest BCUT2D eigenvalue weighted by Gasteiger charge is 2.45. The second kappa shape index (κ2) is 9.66. The summed E-state index contributed by atoms with van der Waals surface area (Å²) in [5.74, 6) is 0. The predicted molar refractivity (Wildman–Crippen MR) is 142 cm³/mol. The number of nitrogens with one attached hydrogen (secondary N) is 4. The van der Waals surface area contributed by atoms with Crippen molar-refractivity contribution in [3.8, 4) is 0 Å². The normalized spacial score (nSPS) is 15.4. The lowest BCUT2D eigenvalue weighted by Gasteiger charge is -2.23. The quantitative estimate of drug-likeness (QED) is 0.302. The summed E-state index contributed by atoms with van der Waals surface area (Å²) in [6.07, 6.45) is 2.08. The van der Waals surface area contributed by atoms with Crippen molar-refractivity contribution in [1.29, 1.82) is 0 Å². The fraction of sp³-hybridized carbons (Fsp3) is 0.348. The van der Waals surface area contributed by atoms with Gasteiger partial charge in [0.05, 0.1) is 36.6 Å². The minimum atomic E-state index is -4.06. The van der Waals surface area contributed by atoms with Gasteiger partial charge in [-0.3, -0.25) is 4.72 Å². The summed E-state index contributed by atoms with van der Waals surface area (Å²) in [6, 6.07) is 7.79. The standard InChI is InChI=1S/C23H26Cl2N4O6S2/c1-22(2,3)35-21(30)28-23(10-11-23)13-27-36(31,32)14-4-6-15(7-5-14)37(33,34)29-18-9-8-16(24)19-17(25)12-26-20(18)19/h4-9,12,26-27,29H,10-11,13H2,1-3H3,(H,28,30). The van der Waals surface area contributed by atoms with E-state index in [0.29, 0.717) is 33.8 Å². The maximum absolute atomic E-state index is 13.0. The van der Waals surface area contributed by atoms with Gasteiger partial charge >= 0.3 is 6.09 Å². The number of alkyl carbamates (subject to hydrolysis) is 1. The Labute approximate surface area is 225 Å². The smallest absolute Gasteiger partial charge is 0.408 e. The Hall–Kier alpha value is -2.51. The Balaban J connectivity index is 1.44. The van der Waals surface area contributed by atoms with E-state index >= 15 is 0 Å². The lowest BCUT2D eigenvalue weighted by Crippen LogP contribution is -2.47. The Morgan fingerprint density at radius 1 is 0.973 bits per heavy atom.